The molecule has 0 spiro atoms. The number of hydrogen-bond donors (Lipinski definition) is 2. The van der Waals surface area contributed by atoms with Crippen molar-refractivity contribution in [2.24, 2.45) is 0 Å². The normalized spacial score (nSPS) is 15.0. The second kappa shape index (κ2) is 9.50. The van der Waals surface area contributed by atoms with E-state index in [1.165, 1.54) is 0 Å². The molecule has 1 fully saturated rings. The zero-order valence-corrected chi connectivity index (χ0v) is 19.1. The van der Waals surface area contributed by atoms with Gasteiger partial charge in [0.25, 0.3) is 11.5 Å². The van der Waals surface area contributed by atoms with Gasteiger partial charge in [-0.3, -0.25) is 24.3 Å². The van der Waals surface area contributed by atoms with Crippen molar-refractivity contribution >= 4 is 28.5 Å². The van der Waals surface area contributed by atoms with E-state index in [1.807, 2.05) is 26.0 Å². The highest BCUT2D eigenvalue weighted by Gasteiger charge is 2.25. The smallest absolute Gasteiger partial charge is 0.269 e. The lowest BCUT2D eigenvalue weighted by atomic mass is 10.1. The number of carbonyl (C=O) groups is 2. The number of H-pyrrole nitrogens is 1. The van der Waals surface area contributed by atoms with Gasteiger partial charge in [0.15, 0.2) is 0 Å². The van der Waals surface area contributed by atoms with Gasteiger partial charge in [-0.15, -0.1) is 0 Å². The van der Waals surface area contributed by atoms with Gasteiger partial charge in [0.05, 0.1) is 29.0 Å². The fourth-order valence-electron chi connectivity index (χ4n) is 4.19. The average molecular weight is 449 g/mol. The lowest BCUT2D eigenvalue weighted by Crippen LogP contribution is -2.37. The maximum absolute atomic E-state index is 13.1. The average Bonchev–Trinajstić information content (AvgIpc) is 2.98. The predicted molar refractivity (Wildman–Crippen MR) is 126 cm³/mol. The van der Waals surface area contributed by atoms with Crippen molar-refractivity contribution in [3.63, 3.8) is 0 Å². The van der Waals surface area contributed by atoms with Gasteiger partial charge in [-0.05, 0) is 49.6 Å². The van der Waals surface area contributed by atoms with Gasteiger partial charge in [-0.2, -0.15) is 0 Å². The molecule has 2 N–H and O–H groups in total. The van der Waals surface area contributed by atoms with Gasteiger partial charge in [0.1, 0.15) is 5.69 Å². The maximum Gasteiger partial charge on any atom is 0.269 e. The summed E-state index contributed by atoms with van der Waals surface area (Å²) in [4.78, 5) is 52.7. The number of carbonyl (C=O) groups excluding carboxylic acids is 2. The molecule has 172 valence electrons. The molecule has 0 atom stereocenters. The molecule has 0 saturated carbocycles. The van der Waals surface area contributed by atoms with Gasteiger partial charge in [-0.1, -0.05) is 6.92 Å². The Morgan fingerprint density at radius 2 is 2.03 bits per heavy atom. The van der Waals surface area contributed by atoms with Crippen LogP contribution in [-0.2, 0) is 17.8 Å². The second-order valence-electron chi connectivity index (χ2n) is 8.24. The third-order valence-electron chi connectivity index (χ3n) is 5.94. The van der Waals surface area contributed by atoms with Crippen molar-refractivity contribution < 1.29 is 9.59 Å². The monoisotopic (exact) mass is 448 g/mol. The molecular weight excluding hydrogens is 420 g/mol. The molecule has 1 aliphatic rings. The number of rotatable bonds is 5. The van der Waals surface area contributed by atoms with E-state index in [-0.39, 0.29) is 23.9 Å². The van der Waals surface area contributed by atoms with Gasteiger partial charge < -0.3 is 15.2 Å². The van der Waals surface area contributed by atoms with Crippen LogP contribution in [0.2, 0.25) is 0 Å². The largest absolute Gasteiger partial charge is 0.354 e. The van der Waals surface area contributed by atoms with Crippen molar-refractivity contribution in [3.05, 3.63) is 63.3 Å². The first-order valence-corrected chi connectivity index (χ1v) is 11.1. The first kappa shape index (κ1) is 22.6. The Bertz CT molecular complexity index is 1270. The molecule has 0 bridgehead atoms. The van der Waals surface area contributed by atoms with Gasteiger partial charge in [0.2, 0.25) is 5.91 Å². The van der Waals surface area contributed by atoms with Crippen LogP contribution in [0.5, 0.6) is 0 Å². The Hall–Kier alpha value is -3.59. The van der Waals surface area contributed by atoms with Gasteiger partial charge in [0, 0.05) is 38.4 Å². The van der Waals surface area contributed by atoms with Crippen molar-refractivity contribution in [2.45, 2.75) is 33.2 Å². The summed E-state index contributed by atoms with van der Waals surface area (Å²) in [6.45, 7) is 5.92. The van der Waals surface area contributed by atoms with Crippen LogP contribution >= 0.6 is 0 Å². The van der Waals surface area contributed by atoms with E-state index in [4.69, 9.17) is 0 Å². The summed E-state index contributed by atoms with van der Waals surface area (Å²) < 4.78 is 0. The van der Waals surface area contributed by atoms with Crippen LogP contribution in [-0.4, -0.2) is 58.3 Å². The number of aromatic amines is 1. The van der Waals surface area contributed by atoms with E-state index in [0.717, 1.165) is 29.7 Å². The van der Waals surface area contributed by atoms with Crippen molar-refractivity contribution in [3.8, 4) is 0 Å². The maximum atomic E-state index is 13.1. The number of pyridine rings is 3. The van der Waals surface area contributed by atoms with Crippen LogP contribution in [0, 0.1) is 6.92 Å². The third kappa shape index (κ3) is 4.78. The van der Waals surface area contributed by atoms with E-state index in [2.05, 4.69) is 25.2 Å². The number of nitrogens with one attached hydrogen (secondary N) is 2. The first-order valence-electron chi connectivity index (χ1n) is 11.1. The zero-order chi connectivity index (χ0) is 23.5. The molecule has 0 radical (unpaired) electrons. The molecule has 9 heteroatoms. The van der Waals surface area contributed by atoms with Crippen molar-refractivity contribution in [1.82, 2.24) is 25.2 Å². The number of nitrogens with zero attached hydrogens (tertiary/aromatic N) is 4. The van der Waals surface area contributed by atoms with Crippen molar-refractivity contribution in [2.75, 3.05) is 31.6 Å². The van der Waals surface area contributed by atoms with Crippen LogP contribution in [0.15, 0.2) is 35.3 Å². The van der Waals surface area contributed by atoms with Gasteiger partial charge in [-0.25, -0.2) is 4.98 Å². The summed E-state index contributed by atoms with van der Waals surface area (Å²) in [6.07, 6.45) is 3.27. The van der Waals surface area contributed by atoms with E-state index in [1.54, 1.807) is 30.3 Å². The molecule has 33 heavy (non-hydrogen) atoms. The highest BCUT2D eigenvalue weighted by atomic mass is 16.2. The number of amides is 2. The number of fused-ring (bicyclic) bond motifs is 1. The van der Waals surface area contributed by atoms with E-state index in [9.17, 15) is 14.4 Å². The Balaban J connectivity index is 1.50. The molecule has 9 nitrogen and oxygen atoms in total. The molecule has 1 saturated heterocycles. The number of aromatic nitrogens is 3. The van der Waals surface area contributed by atoms with E-state index >= 15 is 0 Å². The fourth-order valence-corrected chi connectivity index (χ4v) is 4.19. The molecule has 4 rings (SSSR count). The summed E-state index contributed by atoms with van der Waals surface area (Å²) in [7, 11) is 1.56. The van der Waals surface area contributed by atoms with Crippen LogP contribution in [0.1, 0.15) is 40.7 Å². The third-order valence-corrected chi connectivity index (χ3v) is 5.94. The quantitative estimate of drug-likeness (QED) is 0.616. The van der Waals surface area contributed by atoms with Crippen LogP contribution in [0.25, 0.3) is 11.0 Å². The topological polar surface area (TPSA) is 111 Å². The van der Waals surface area contributed by atoms with E-state index in [0.29, 0.717) is 42.0 Å². The number of aryl methyl sites for hydroxylation is 2. The highest BCUT2D eigenvalue weighted by Crippen LogP contribution is 2.22. The molecular formula is C24H28N6O3. The summed E-state index contributed by atoms with van der Waals surface area (Å²) in [5.41, 5.74) is 4.74. The standard InChI is InChI=1S/C24H28N6O3/c1-4-17-11-19-20(28-23(17)32)10-16(12-26-19)13-29-8-5-9-30(22(31)14-29)21-7-6-18(24(33)25-3)27-15(21)2/h6-7,10-12H,4-5,8-9,13-14H2,1-3H3,(H,25,33)(H,28,32). The zero-order valence-electron chi connectivity index (χ0n) is 19.1. The summed E-state index contributed by atoms with van der Waals surface area (Å²) in [6, 6.07) is 7.19. The summed E-state index contributed by atoms with van der Waals surface area (Å²) in [5.74, 6) is -0.269. The van der Waals surface area contributed by atoms with Crippen LogP contribution in [0.3, 0.4) is 0 Å². The minimum atomic E-state index is -0.255. The van der Waals surface area contributed by atoms with Gasteiger partial charge >= 0.3 is 0 Å². The van der Waals surface area contributed by atoms with Crippen LogP contribution in [0.4, 0.5) is 5.69 Å². The SMILES string of the molecule is CCc1cc2ncc(CN3CCCN(c4ccc(C(=O)NC)nc4C)C(=O)C3)cc2[nH]c1=O. The first-order chi connectivity index (χ1) is 15.9. The second-order valence-corrected chi connectivity index (χ2v) is 8.24. The molecule has 0 aliphatic carbocycles. The molecule has 4 heterocycles. The molecule has 0 unspecified atom stereocenters. The Labute approximate surface area is 191 Å². The lowest BCUT2D eigenvalue weighted by Gasteiger charge is -2.23. The van der Waals surface area contributed by atoms with Crippen molar-refractivity contribution in [1.29, 1.82) is 0 Å². The highest BCUT2D eigenvalue weighted by molar-refractivity contribution is 5.97. The molecule has 3 aromatic rings. The molecule has 3 aromatic heterocycles. The summed E-state index contributed by atoms with van der Waals surface area (Å²) in [5, 5.41) is 2.56. The summed E-state index contributed by atoms with van der Waals surface area (Å²) >= 11 is 0. The predicted octanol–water partition coefficient (Wildman–Crippen LogP) is 1.79. The Morgan fingerprint density at radius 3 is 2.76 bits per heavy atom. The Morgan fingerprint density at radius 1 is 1.21 bits per heavy atom. The lowest BCUT2D eigenvalue weighted by molar-refractivity contribution is -0.119. The molecule has 0 aromatic carbocycles. The minimum Gasteiger partial charge on any atom is -0.354 e. The molecule has 2 amide bonds. The minimum absolute atomic E-state index is 0.0140. The van der Waals surface area contributed by atoms with E-state index < -0.39 is 0 Å². The fraction of sp³-hybridized carbons (Fsp3) is 0.375. The number of hydrogen-bond acceptors (Lipinski definition) is 6. The van der Waals surface area contributed by atoms with Crippen LogP contribution < -0.4 is 15.8 Å². The Kier molecular flexibility index (Phi) is 6.50. The number of anilines is 1. The molecule has 1 aliphatic heterocycles.